The van der Waals surface area contributed by atoms with Crippen molar-refractivity contribution in [1.29, 1.82) is 0 Å². The molecule has 1 fully saturated rings. The van der Waals surface area contributed by atoms with E-state index in [1.54, 1.807) is 42.2 Å². The average Bonchev–Trinajstić information content (AvgIpc) is 3.92. The van der Waals surface area contributed by atoms with Crippen molar-refractivity contribution in [2.45, 2.75) is 83.5 Å². The number of benzene rings is 2. The Labute approximate surface area is 286 Å². The molecule has 11 nitrogen and oxygen atoms in total. The fraction of sp³-hybridized carbons (Fsp3) is 0.486. The number of aromatic nitrogens is 1. The number of carbonyl (C=O) groups is 2. The van der Waals surface area contributed by atoms with E-state index in [2.05, 4.69) is 4.98 Å². The fourth-order valence-corrected chi connectivity index (χ4v) is 6.07. The molecule has 1 saturated carbocycles. The molecular weight excluding hydrogens is 635 g/mol. The number of pyridine rings is 1. The predicted octanol–water partition coefficient (Wildman–Crippen LogP) is 3.48. The van der Waals surface area contributed by atoms with Gasteiger partial charge in [0.05, 0.1) is 31.6 Å². The molecule has 0 bridgehead atoms. The van der Waals surface area contributed by atoms with E-state index in [9.17, 15) is 30.0 Å². The van der Waals surface area contributed by atoms with Crippen LogP contribution in [0.15, 0.2) is 54.7 Å². The monoisotopic (exact) mass is 682 g/mol. The first-order valence-electron chi connectivity index (χ1n) is 16.5. The van der Waals surface area contributed by atoms with Gasteiger partial charge in [-0.2, -0.15) is 0 Å². The lowest BCUT2D eigenvalue weighted by Gasteiger charge is -2.33. The molecule has 1 heterocycles. The van der Waals surface area contributed by atoms with Gasteiger partial charge < -0.3 is 35.0 Å². The number of aliphatic hydroxyl groups excluding tert-OH is 5. The van der Waals surface area contributed by atoms with Gasteiger partial charge in [-0.05, 0) is 86.4 Å². The van der Waals surface area contributed by atoms with Crippen molar-refractivity contribution in [3.63, 3.8) is 0 Å². The van der Waals surface area contributed by atoms with Crippen LogP contribution in [-0.2, 0) is 11.3 Å². The summed E-state index contributed by atoms with van der Waals surface area (Å²) < 4.78 is 26.2. The van der Waals surface area contributed by atoms with Gasteiger partial charge in [-0.1, -0.05) is 25.1 Å². The fourth-order valence-electron chi connectivity index (χ4n) is 6.07. The third-order valence-electron chi connectivity index (χ3n) is 9.28. The summed E-state index contributed by atoms with van der Waals surface area (Å²) in [5.74, 6) is -0.440. The average molecular weight is 683 g/mol. The first kappa shape index (κ1) is 38.0. The van der Waals surface area contributed by atoms with E-state index in [4.69, 9.17) is 14.6 Å². The lowest BCUT2D eigenvalue weighted by molar-refractivity contribution is -0.121. The third-order valence-corrected chi connectivity index (χ3v) is 9.28. The van der Waals surface area contributed by atoms with Crippen LogP contribution in [0.2, 0.25) is 0 Å². The second-order valence-electron chi connectivity index (χ2n) is 13.1. The number of ketones is 1. The quantitative estimate of drug-likeness (QED) is 0.104. The molecule has 3 aromatic rings. The molecule has 49 heavy (non-hydrogen) atoms. The summed E-state index contributed by atoms with van der Waals surface area (Å²) in [7, 11) is 1.40. The van der Waals surface area contributed by atoms with E-state index in [-0.39, 0.29) is 53.8 Å². The standard InChI is InChI=1S/C37H47FN2O9/c1-20(2)40(18-31(43)35(45)36(46)32(44)19-41)17-26-13-25(11-12-28(26)29-15-33(48-5)39-16-30(29)38)37(47)49-27-8-6-7-24(14-27)34(23-9-10-23)21(3)22(4)42/h6-8,11-16,20-21,23,31-32,34-36,41,43-46H,9-10,17-19H2,1-5H3/t21-,31+,32-,34+,35-,36-/m1/s1. The van der Waals surface area contributed by atoms with Crippen molar-refractivity contribution in [3.8, 4) is 22.8 Å². The van der Waals surface area contributed by atoms with Crippen LogP contribution >= 0.6 is 0 Å². The van der Waals surface area contributed by atoms with Gasteiger partial charge in [-0.15, -0.1) is 0 Å². The normalized spacial score (nSPS) is 16.9. The number of hydrogen-bond donors (Lipinski definition) is 5. The van der Waals surface area contributed by atoms with Gasteiger partial charge in [-0.25, -0.2) is 14.2 Å². The molecule has 266 valence electrons. The summed E-state index contributed by atoms with van der Waals surface area (Å²) >= 11 is 0. The van der Waals surface area contributed by atoms with E-state index in [0.29, 0.717) is 22.8 Å². The van der Waals surface area contributed by atoms with Crippen molar-refractivity contribution in [2.75, 3.05) is 20.3 Å². The van der Waals surface area contributed by atoms with Gasteiger partial charge in [0.25, 0.3) is 0 Å². The Kier molecular flexibility index (Phi) is 13.0. The van der Waals surface area contributed by atoms with E-state index in [1.165, 1.54) is 19.2 Å². The molecule has 1 aromatic heterocycles. The zero-order valence-electron chi connectivity index (χ0n) is 28.5. The second kappa shape index (κ2) is 16.8. The highest BCUT2D eigenvalue weighted by molar-refractivity contribution is 5.92. The molecule has 0 radical (unpaired) electrons. The molecule has 1 aliphatic carbocycles. The highest BCUT2D eigenvalue weighted by atomic mass is 19.1. The van der Waals surface area contributed by atoms with Gasteiger partial charge in [0.15, 0.2) is 0 Å². The lowest BCUT2D eigenvalue weighted by Crippen LogP contribution is -2.50. The lowest BCUT2D eigenvalue weighted by atomic mass is 9.81. The summed E-state index contributed by atoms with van der Waals surface area (Å²) in [4.78, 5) is 31.5. The van der Waals surface area contributed by atoms with Gasteiger partial charge in [-0.3, -0.25) is 9.69 Å². The van der Waals surface area contributed by atoms with Crippen LogP contribution in [0, 0.1) is 17.7 Å². The largest absolute Gasteiger partial charge is 0.481 e. The summed E-state index contributed by atoms with van der Waals surface area (Å²) in [6, 6.07) is 13.1. The number of ether oxygens (including phenoxy) is 2. The molecule has 0 saturated heterocycles. The summed E-state index contributed by atoms with van der Waals surface area (Å²) in [5, 5.41) is 50.3. The maximum absolute atomic E-state index is 15.2. The van der Waals surface area contributed by atoms with E-state index < -0.39 is 42.8 Å². The van der Waals surface area contributed by atoms with Crippen molar-refractivity contribution in [1.82, 2.24) is 9.88 Å². The highest BCUT2D eigenvalue weighted by Gasteiger charge is 2.37. The molecular formula is C37H47FN2O9. The molecule has 0 amide bonds. The zero-order valence-corrected chi connectivity index (χ0v) is 28.5. The first-order valence-corrected chi connectivity index (χ1v) is 16.5. The first-order chi connectivity index (χ1) is 23.2. The molecule has 0 aliphatic heterocycles. The number of halogens is 1. The molecule has 5 N–H and O–H groups in total. The Balaban J connectivity index is 1.67. The molecule has 4 rings (SSSR count). The topological polar surface area (TPSA) is 170 Å². The third kappa shape index (κ3) is 9.47. The maximum atomic E-state index is 15.2. The Bertz CT molecular complexity index is 1600. The minimum atomic E-state index is -1.80. The van der Waals surface area contributed by atoms with Crippen molar-refractivity contribution < 1.29 is 49.0 Å². The number of esters is 1. The maximum Gasteiger partial charge on any atom is 0.343 e. The molecule has 0 spiro atoms. The summed E-state index contributed by atoms with van der Waals surface area (Å²) in [5.41, 5.74) is 2.15. The van der Waals surface area contributed by atoms with Crippen molar-refractivity contribution >= 4 is 11.8 Å². The molecule has 6 atom stereocenters. The Morgan fingerprint density at radius 3 is 2.29 bits per heavy atom. The highest BCUT2D eigenvalue weighted by Crippen LogP contribution is 2.47. The van der Waals surface area contributed by atoms with Crippen LogP contribution in [0.25, 0.3) is 11.1 Å². The minimum Gasteiger partial charge on any atom is -0.481 e. The number of aliphatic hydroxyl groups is 5. The van der Waals surface area contributed by atoms with E-state index >= 15 is 4.39 Å². The Hall–Kier alpha value is -3.78. The van der Waals surface area contributed by atoms with Crippen LogP contribution in [-0.4, -0.2) is 97.9 Å². The summed E-state index contributed by atoms with van der Waals surface area (Å²) in [6.45, 7) is 6.25. The smallest absolute Gasteiger partial charge is 0.343 e. The van der Waals surface area contributed by atoms with Crippen LogP contribution in [0.1, 0.15) is 67.9 Å². The Morgan fingerprint density at radius 2 is 1.67 bits per heavy atom. The van der Waals surface area contributed by atoms with Crippen molar-refractivity contribution in [2.24, 2.45) is 11.8 Å². The van der Waals surface area contributed by atoms with Crippen LogP contribution in [0.4, 0.5) is 4.39 Å². The Morgan fingerprint density at radius 1 is 0.980 bits per heavy atom. The van der Waals surface area contributed by atoms with Gasteiger partial charge >= 0.3 is 5.97 Å². The second-order valence-corrected chi connectivity index (χ2v) is 13.1. The van der Waals surface area contributed by atoms with Crippen molar-refractivity contribution in [3.05, 3.63) is 77.2 Å². The number of Topliss-reactive ketones (excluding diaryl/α,β-unsaturated/α-hetero) is 1. The number of hydrogen-bond acceptors (Lipinski definition) is 11. The number of methoxy groups -OCH3 is 1. The zero-order chi connectivity index (χ0) is 36.0. The number of rotatable bonds is 17. The SMILES string of the molecule is COc1cc(-c2ccc(C(=O)Oc3cccc([C@H](C4CC4)[C@H](C)C(C)=O)c3)cc2CN(C[C@H](O)[C@@H](O)[C@H](O)[C@H](O)CO)C(C)C)c(F)cn1. The molecule has 1 aliphatic rings. The van der Waals surface area contributed by atoms with Gasteiger partial charge in [0.1, 0.15) is 35.7 Å². The predicted molar refractivity (Wildman–Crippen MR) is 180 cm³/mol. The van der Waals surface area contributed by atoms with Crippen LogP contribution in [0.3, 0.4) is 0 Å². The van der Waals surface area contributed by atoms with E-state index in [0.717, 1.165) is 24.6 Å². The minimum absolute atomic E-state index is 0.0261. The van der Waals surface area contributed by atoms with Crippen LogP contribution in [0.5, 0.6) is 11.6 Å². The summed E-state index contributed by atoms with van der Waals surface area (Å²) in [6.07, 6.45) is -3.66. The van der Waals surface area contributed by atoms with Gasteiger partial charge in [0.2, 0.25) is 5.88 Å². The molecule has 2 aromatic carbocycles. The van der Waals surface area contributed by atoms with E-state index in [1.807, 2.05) is 26.8 Å². The van der Waals surface area contributed by atoms with Crippen LogP contribution < -0.4 is 9.47 Å². The number of nitrogens with zero attached hydrogens (tertiary/aromatic N) is 2. The van der Waals surface area contributed by atoms with Gasteiger partial charge in [0, 0.05) is 36.7 Å². The molecule has 0 unspecified atom stereocenters. The number of carbonyl (C=O) groups excluding carboxylic acids is 2. The molecule has 12 heteroatoms.